The summed E-state index contributed by atoms with van der Waals surface area (Å²) in [4.78, 5) is 28.0. The van der Waals surface area contributed by atoms with Crippen LogP contribution in [-0.4, -0.2) is 16.4 Å². The van der Waals surface area contributed by atoms with Gasteiger partial charge in [-0.2, -0.15) is 0 Å². The van der Waals surface area contributed by atoms with E-state index in [0.717, 1.165) is 0 Å². The van der Waals surface area contributed by atoms with E-state index < -0.39 is 5.09 Å². The highest BCUT2D eigenvalue weighted by atomic mass is 16.9. The molecule has 0 amide bonds. The van der Waals surface area contributed by atoms with Gasteiger partial charge in [0.2, 0.25) is 6.29 Å². The first-order chi connectivity index (χ1) is 6.72. The molecule has 6 heteroatoms. The molecule has 14 heavy (non-hydrogen) atoms. The Hall–Kier alpha value is -1.98. The molecule has 0 spiro atoms. The van der Waals surface area contributed by atoms with E-state index >= 15 is 0 Å². The SMILES string of the molecule is O=[C]Cc1cccc(CO[N+](=O)[O-])n1. The minimum Gasteiger partial charge on any atom is -0.307 e. The molecule has 0 atom stereocenters. The molecule has 0 aromatic carbocycles. The molecule has 1 heterocycles. The van der Waals surface area contributed by atoms with Crippen LogP contribution >= 0.6 is 0 Å². The number of carbonyl (C=O) groups excluding carboxylic acids is 1. The maximum absolute atomic E-state index is 10.0. The largest absolute Gasteiger partial charge is 0.307 e. The van der Waals surface area contributed by atoms with Crippen LogP contribution in [0.4, 0.5) is 0 Å². The Morgan fingerprint density at radius 1 is 1.50 bits per heavy atom. The van der Waals surface area contributed by atoms with Gasteiger partial charge in [-0.15, -0.1) is 10.1 Å². The van der Waals surface area contributed by atoms with Crippen LogP contribution in [0.1, 0.15) is 11.4 Å². The lowest BCUT2D eigenvalue weighted by atomic mass is 10.2. The number of pyridine rings is 1. The summed E-state index contributed by atoms with van der Waals surface area (Å²) in [5.74, 6) is 0. The number of hydrogen-bond acceptors (Lipinski definition) is 5. The minimum atomic E-state index is -0.889. The highest BCUT2D eigenvalue weighted by molar-refractivity contribution is 5.54. The quantitative estimate of drug-likeness (QED) is 0.503. The first-order valence-corrected chi connectivity index (χ1v) is 3.79. The van der Waals surface area contributed by atoms with Gasteiger partial charge in [0, 0.05) is 5.69 Å². The standard InChI is InChI=1S/C8H7N2O4/c11-5-4-7-2-1-3-8(9-7)6-14-10(12)13/h1-3H,4,6H2. The van der Waals surface area contributed by atoms with Crippen molar-refractivity contribution < 1.29 is 14.7 Å². The fraction of sp³-hybridized carbons (Fsp3) is 0.250. The van der Waals surface area contributed by atoms with Gasteiger partial charge in [-0.1, -0.05) is 6.07 Å². The van der Waals surface area contributed by atoms with Crippen molar-refractivity contribution in [2.75, 3.05) is 0 Å². The lowest BCUT2D eigenvalue weighted by molar-refractivity contribution is -0.763. The van der Waals surface area contributed by atoms with E-state index in [-0.39, 0.29) is 13.0 Å². The Balaban J connectivity index is 2.63. The molecule has 1 aromatic rings. The molecule has 1 rings (SSSR count). The predicted octanol–water partition coefficient (Wildman–Crippen LogP) is 0.442. The maximum atomic E-state index is 10.0. The fourth-order valence-corrected chi connectivity index (χ4v) is 0.901. The van der Waals surface area contributed by atoms with Gasteiger partial charge in [0.15, 0.2) is 0 Å². The second kappa shape index (κ2) is 4.90. The summed E-state index contributed by atoms with van der Waals surface area (Å²) in [7, 11) is 0. The zero-order valence-electron chi connectivity index (χ0n) is 7.17. The third kappa shape index (κ3) is 3.18. The topological polar surface area (TPSA) is 82.3 Å². The summed E-state index contributed by atoms with van der Waals surface area (Å²) < 4.78 is 0. The van der Waals surface area contributed by atoms with Gasteiger partial charge in [-0.05, 0) is 12.1 Å². The summed E-state index contributed by atoms with van der Waals surface area (Å²) in [6.45, 7) is -0.209. The van der Waals surface area contributed by atoms with E-state index in [1.165, 1.54) is 0 Å². The molecule has 0 aliphatic heterocycles. The van der Waals surface area contributed by atoms with Crippen molar-refractivity contribution in [3.63, 3.8) is 0 Å². The minimum absolute atomic E-state index is 0.0757. The van der Waals surface area contributed by atoms with Crippen LogP contribution in [-0.2, 0) is 22.7 Å². The first-order valence-electron chi connectivity index (χ1n) is 3.79. The van der Waals surface area contributed by atoms with Crippen LogP contribution in [0.25, 0.3) is 0 Å². The second-order valence-electron chi connectivity index (χ2n) is 2.44. The van der Waals surface area contributed by atoms with Crippen molar-refractivity contribution >= 4 is 6.29 Å². The molecule has 0 saturated heterocycles. The highest BCUT2D eigenvalue weighted by Crippen LogP contribution is 2.01. The van der Waals surface area contributed by atoms with E-state index in [9.17, 15) is 14.9 Å². The highest BCUT2D eigenvalue weighted by Gasteiger charge is 2.00. The van der Waals surface area contributed by atoms with Gasteiger partial charge in [0.05, 0.1) is 12.1 Å². The van der Waals surface area contributed by atoms with E-state index in [0.29, 0.717) is 11.4 Å². The van der Waals surface area contributed by atoms with Crippen molar-refractivity contribution in [2.45, 2.75) is 13.0 Å². The van der Waals surface area contributed by atoms with Crippen molar-refractivity contribution in [1.82, 2.24) is 4.98 Å². The molecule has 0 saturated carbocycles. The first kappa shape index (κ1) is 10.1. The summed E-state index contributed by atoms with van der Waals surface area (Å²) >= 11 is 0. The molecule has 0 aliphatic carbocycles. The van der Waals surface area contributed by atoms with Gasteiger partial charge in [0.1, 0.15) is 6.61 Å². The molecule has 0 bridgehead atoms. The zero-order valence-corrected chi connectivity index (χ0v) is 7.17. The van der Waals surface area contributed by atoms with Gasteiger partial charge >= 0.3 is 0 Å². The lowest BCUT2D eigenvalue weighted by Crippen LogP contribution is -2.03. The summed E-state index contributed by atoms with van der Waals surface area (Å²) in [6.07, 6.45) is 1.76. The van der Waals surface area contributed by atoms with Gasteiger partial charge in [-0.3, -0.25) is 9.78 Å². The molecule has 0 fully saturated rings. The number of aromatic nitrogens is 1. The van der Waals surface area contributed by atoms with Gasteiger partial charge in [0.25, 0.3) is 5.09 Å². The molecule has 73 valence electrons. The third-order valence-corrected chi connectivity index (χ3v) is 1.44. The van der Waals surface area contributed by atoms with Crippen LogP contribution in [0.5, 0.6) is 0 Å². The van der Waals surface area contributed by atoms with Crippen molar-refractivity contribution in [3.05, 3.63) is 39.7 Å². The molecular formula is C8H7N2O4. The molecule has 1 aromatic heterocycles. The van der Waals surface area contributed by atoms with E-state index in [2.05, 4.69) is 9.82 Å². The molecule has 6 nitrogen and oxygen atoms in total. The van der Waals surface area contributed by atoms with Crippen molar-refractivity contribution in [2.24, 2.45) is 0 Å². The Morgan fingerprint density at radius 3 is 2.86 bits per heavy atom. The van der Waals surface area contributed by atoms with Crippen LogP contribution in [0.15, 0.2) is 18.2 Å². The Kier molecular flexibility index (Phi) is 3.54. The van der Waals surface area contributed by atoms with Crippen molar-refractivity contribution in [3.8, 4) is 0 Å². The number of rotatable bonds is 5. The normalized spacial score (nSPS) is 9.43. The third-order valence-electron chi connectivity index (χ3n) is 1.44. The van der Waals surface area contributed by atoms with Crippen LogP contribution in [0.3, 0.4) is 0 Å². The number of hydrogen-bond donors (Lipinski definition) is 0. The van der Waals surface area contributed by atoms with Crippen LogP contribution < -0.4 is 0 Å². The number of nitrogens with zero attached hydrogens (tertiary/aromatic N) is 2. The van der Waals surface area contributed by atoms with Gasteiger partial charge in [-0.25, -0.2) is 0 Å². The summed E-state index contributed by atoms with van der Waals surface area (Å²) in [6, 6.07) is 4.87. The summed E-state index contributed by atoms with van der Waals surface area (Å²) in [5, 5.41) is 8.99. The smallest absolute Gasteiger partial charge is 0.294 e. The average molecular weight is 195 g/mol. The molecular weight excluding hydrogens is 188 g/mol. The second-order valence-corrected chi connectivity index (χ2v) is 2.44. The Bertz CT molecular complexity index is 340. The molecule has 0 N–H and O–H groups in total. The van der Waals surface area contributed by atoms with E-state index in [1.807, 2.05) is 0 Å². The van der Waals surface area contributed by atoms with Crippen molar-refractivity contribution in [1.29, 1.82) is 0 Å². The summed E-state index contributed by atoms with van der Waals surface area (Å²) in [5.41, 5.74) is 0.930. The molecule has 0 unspecified atom stereocenters. The lowest BCUT2D eigenvalue weighted by Gasteiger charge is -2.00. The molecule has 1 radical (unpaired) electrons. The zero-order chi connectivity index (χ0) is 10.4. The average Bonchev–Trinajstić information content (AvgIpc) is 2.16. The Morgan fingerprint density at radius 2 is 2.21 bits per heavy atom. The van der Waals surface area contributed by atoms with E-state index in [1.54, 1.807) is 24.5 Å². The van der Waals surface area contributed by atoms with Gasteiger partial charge < -0.3 is 4.84 Å². The maximum Gasteiger partial charge on any atom is 0.294 e. The van der Waals surface area contributed by atoms with Crippen LogP contribution in [0, 0.1) is 10.1 Å². The monoisotopic (exact) mass is 195 g/mol. The Labute approximate surface area is 79.6 Å². The van der Waals surface area contributed by atoms with Crippen LogP contribution in [0.2, 0.25) is 0 Å². The van der Waals surface area contributed by atoms with E-state index in [4.69, 9.17) is 0 Å². The predicted molar refractivity (Wildman–Crippen MR) is 45.4 cm³/mol. The molecule has 0 aliphatic rings. The fourth-order valence-electron chi connectivity index (χ4n) is 0.901.